The van der Waals surface area contributed by atoms with Crippen molar-refractivity contribution >= 4 is 39.9 Å². The van der Waals surface area contributed by atoms with Gasteiger partial charge in [-0.1, -0.05) is 39.0 Å². The highest BCUT2D eigenvalue weighted by atomic mass is 32.2. The molecule has 0 aromatic heterocycles. The van der Waals surface area contributed by atoms with E-state index in [-0.39, 0.29) is 32.5 Å². The van der Waals surface area contributed by atoms with Crippen molar-refractivity contribution in [3.8, 4) is 0 Å². The van der Waals surface area contributed by atoms with Crippen LogP contribution in [-0.4, -0.2) is 89.2 Å². The predicted molar refractivity (Wildman–Crippen MR) is 178 cm³/mol. The number of halogens is 1. The Labute approximate surface area is 291 Å². The van der Waals surface area contributed by atoms with Crippen molar-refractivity contribution in [2.75, 3.05) is 6.54 Å². The van der Waals surface area contributed by atoms with Gasteiger partial charge in [-0.25, -0.2) is 22.4 Å². The monoisotopic (exact) mass is 719 g/mol. The summed E-state index contributed by atoms with van der Waals surface area (Å²) >= 11 is 0. The maximum atomic E-state index is 14.4. The van der Waals surface area contributed by atoms with Crippen LogP contribution in [0.4, 0.5) is 14.0 Å². The first-order chi connectivity index (χ1) is 23.1. The maximum Gasteiger partial charge on any atom is 0.410 e. The van der Waals surface area contributed by atoms with E-state index in [2.05, 4.69) is 21.9 Å². The molecule has 0 spiro atoms. The van der Waals surface area contributed by atoms with E-state index in [9.17, 15) is 36.8 Å². The molecule has 2 saturated carbocycles. The predicted octanol–water partition coefficient (Wildman–Crippen LogP) is 2.86. The number of hydrogen-bond donors (Lipinski definition) is 3. The molecule has 0 bridgehead atoms. The molecule has 4 aliphatic rings. The zero-order chi connectivity index (χ0) is 37.0. The molecular formula is C34H46FN5O9S. The molecule has 5 atom stereocenters. The lowest BCUT2D eigenvalue weighted by molar-refractivity contribution is -0.143. The molecule has 2 aliphatic carbocycles. The molecule has 1 aromatic rings. The second-order valence-electron chi connectivity index (χ2n) is 15.6. The fourth-order valence-electron chi connectivity index (χ4n) is 6.36. The highest BCUT2D eigenvalue weighted by molar-refractivity contribution is 7.91. The summed E-state index contributed by atoms with van der Waals surface area (Å²) in [5.41, 5.74) is -2.35. The quantitative estimate of drug-likeness (QED) is 0.324. The smallest absolute Gasteiger partial charge is 0.410 e. The molecule has 3 N–H and O–H groups in total. The second kappa shape index (κ2) is 13.2. The van der Waals surface area contributed by atoms with Crippen molar-refractivity contribution in [1.29, 1.82) is 0 Å². The number of carbonyl (C=O) groups excluding carboxylic acids is 5. The maximum absolute atomic E-state index is 14.4. The van der Waals surface area contributed by atoms with E-state index < -0.39 is 91.7 Å². The first-order valence-electron chi connectivity index (χ1n) is 16.7. The van der Waals surface area contributed by atoms with E-state index in [0.717, 1.165) is 0 Å². The largest absolute Gasteiger partial charge is 0.444 e. The minimum absolute atomic E-state index is 0.0175. The van der Waals surface area contributed by atoms with Crippen LogP contribution in [0.5, 0.6) is 0 Å². The van der Waals surface area contributed by atoms with Gasteiger partial charge in [-0.05, 0) is 57.1 Å². The number of likely N-dealkylation sites (tertiary alicyclic amines) is 1. The summed E-state index contributed by atoms with van der Waals surface area (Å²) in [5, 5.41) is 4.64. The third kappa shape index (κ3) is 7.89. The number of benzene rings is 1. The van der Waals surface area contributed by atoms with Gasteiger partial charge in [0.25, 0.3) is 5.91 Å². The molecule has 2 heterocycles. The second-order valence-corrected chi connectivity index (χ2v) is 17.6. The lowest BCUT2D eigenvalue weighted by Crippen LogP contribution is -2.60. The molecule has 0 unspecified atom stereocenters. The van der Waals surface area contributed by atoms with Gasteiger partial charge in [-0.2, -0.15) is 0 Å². The van der Waals surface area contributed by atoms with Gasteiger partial charge >= 0.3 is 12.2 Å². The van der Waals surface area contributed by atoms with Gasteiger partial charge < -0.3 is 25.0 Å². The summed E-state index contributed by atoms with van der Waals surface area (Å²) in [7, 11) is -3.93. The van der Waals surface area contributed by atoms with Crippen LogP contribution in [0.2, 0.25) is 0 Å². The first kappa shape index (κ1) is 37.1. The van der Waals surface area contributed by atoms with Crippen molar-refractivity contribution < 1.29 is 46.3 Å². The van der Waals surface area contributed by atoms with E-state index in [0.29, 0.717) is 24.0 Å². The Morgan fingerprint density at radius 2 is 1.76 bits per heavy atom. The van der Waals surface area contributed by atoms with E-state index in [1.54, 1.807) is 53.7 Å². The Hall–Kier alpha value is -4.21. The highest BCUT2D eigenvalue weighted by Gasteiger charge is 2.62. The number of fused-ring (bicyclic) bond motifs is 1. The SMILES string of the molecule is C=C[C@H]1C[C@@]1(NC(=O)[C@@H]1C[C@@H](OC(=O)N2Cc3cccc(F)c3C2)CN1C(=O)[C@@H](NC(=O)OC(C)(C)C)C(C)(C)C)C(=O)NS(=O)(=O)C1CC1. The first-order valence-corrected chi connectivity index (χ1v) is 18.2. The summed E-state index contributed by atoms with van der Waals surface area (Å²) in [5.74, 6) is -3.36. The van der Waals surface area contributed by atoms with Gasteiger partial charge in [-0.3, -0.25) is 24.0 Å². The number of nitrogens with zero attached hydrogens (tertiary/aromatic N) is 2. The Morgan fingerprint density at radius 3 is 2.32 bits per heavy atom. The summed E-state index contributed by atoms with van der Waals surface area (Å²) < 4.78 is 52.9. The van der Waals surface area contributed by atoms with Crippen LogP contribution in [0.25, 0.3) is 0 Å². The van der Waals surface area contributed by atoms with Crippen LogP contribution in [0, 0.1) is 17.2 Å². The van der Waals surface area contributed by atoms with Crippen LogP contribution < -0.4 is 15.4 Å². The Balaban J connectivity index is 1.38. The number of carbonyl (C=O) groups is 5. The molecule has 1 aromatic carbocycles. The van der Waals surface area contributed by atoms with Crippen LogP contribution in [0.3, 0.4) is 0 Å². The number of nitrogens with one attached hydrogen (secondary N) is 3. The number of rotatable bonds is 9. The molecule has 5 amide bonds. The third-order valence-electron chi connectivity index (χ3n) is 9.32. The Bertz CT molecular complexity index is 1700. The summed E-state index contributed by atoms with van der Waals surface area (Å²) in [6, 6.07) is 2.09. The fraction of sp³-hybridized carbons (Fsp3) is 0.618. The van der Waals surface area contributed by atoms with Crippen molar-refractivity contribution in [3.05, 3.63) is 47.8 Å². The topological polar surface area (TPSA) is 181 Å². The zero-order valence-electron chi connectivity index (χ0n) is 29.2. The number of amides is 5. The van der Waals surface area contributed by atoms with Crippen LogP contribution >= 0.6 is 0 Å². The van der Waals surface area contributed by atoms with E-state index in [1.807, 2.05) is 0 Å². The van der Waals surface area contributed by atoms with Crippen molar-refractivity contribution in [1.82, 2.24) is 25.2 Å². The molecule has 0 radical (unpaired) electrons. The molecule has 3 fully saturated rings. The molecule has 1 saturated heterocycles. The van der Waals surface area contributed by atoms with Gasteiger partial charge in [0.1, 0.15) is 35.1 Å². The minimum atomic E-state index is -3.93. The molecule has 5 rings (SSSR count). The summed E-state index contributed by atoms with van der Waals surface area (Å²) in [4.78, 5) is 70.4. The van der Waals surface area contributed by atoms with E-state index >= 15 is 0 Å². The zero-order valence-corrected chi connectivity index (χ0v) is 30.0. The van der Waals surface area contributed by atoms with Crippen LogP contribution in [-0.2, 0) is 47.0 Å². The molecular weight excluding hydrogens is 673 g/mol. The molecule has 50 heavy (non-hydrogen) atoms. The fourth-order valence-corrected chi connectivity index (χ4v) is 7.72. The lowest BCUT2D eigenvalue weighted by atomic mass is 9.85. The molecule has 16 heteroatoms. The lowest BCUT2D eigenvalue weighted by Gasteiger charge is -2.36. The van der Waals surface area contributed by atoms with E-state index in [1.165, 1.54) is 21.9 Å². The van der Waals surface area contributed by atoms with Crippen molar-refractivity contribution in [2.45, 2.75) is 115 Å². The normalized spacial score (nSPS) is 25.2. The van der Waals surface area contributed by atoms with Gasteiger partial charge in [0.05, 0.1) is 18.3 Å². The average Bonchev–Trinajstić information content (AvgIpc) is 3.89. The molecule has 14 nitrogen and oxygen atoms in total. The third-order valence-corrected chi connectivity index (χ3v) is 11.1. The van der Waals surface area contributed by atoms with Gasteiger partial charge in [0.15, 0.2) is 0 Å². The van der Waals surface area contributed by atoms with Gasteiger partial charge in [0, 0.05) is 24.4 Å². The summed E-state index contributed by atoms with van der Waals surface area (Å²) in [6.45, 7) is 13.7. The van der Waals surface area contributed by atoms with Crippen LogP contribution in [0.1, 0.15) is 78.4 Å². The highest BCUT2D eigenvalue weighted by Crippen LogP contribution is 2.45. The standard InChI is InChI=1S/C34H46FN5O9S/c1-8-20-15-34(20,29(43)38-50(46,47)22-12-13-22)37-27(41)25-14-21(48-31(45)39-16-19-10-9-11-24(35)23(19)18-39)17-40(25)28(42)26(32(2,3)4)36-30(44)49-33(5,6)7/h8-11,20-22,25-26H,1,12-18H2,2-7H3,(H,36,44)(H,37,41)(H,38,43)/t20-,21+,25-,26+,34-/m0/s1. The molecule has 274 valence electrons. The average molecular weight is 720 g/mol. The molecule has 2 aliphatic heterocycles. The van der Waals surface area contributed by atoms with E-state index in [4.69, 9.17) is 9.47 Å². The van der Waals surface area contributed by atoms with Crippen molar-refractivity contribution in [3.63, 3.8) is 0 Å². The number of sulfonamides is 1. The van der Waals surface area contributed by atoms with Gasteiger partial charge in [0.2, 0.25) is 21.8 Å². The Morgan fingerprint density at radius 1 is 1.08 bits per heavy atom. The van der Waals surface area contributed by atoms with Crippen LogP contribution in [0.15, 0.2) is 30.9 Å². The Kier molecular flexibility index (Phi) is 9.75. The number of ether oxygens (including phenoxy) is 2. The summed E-state index contributed by atoms with van der Waals surface area (Å²) in [6.07, 6.45) is -0.394. The number of alkyl carbamates (subject to hydrolysis) is 1. The minimum Gasteiger partial charge on any atom is -0.444 e. The van der Waals surface area contributed by atoms with Crippen molar-refractivity contribution in [2.24, 2.45) is 11.3 Å². The van der Waals surface area contributed by atoms with Gasteiger partial charge in [-0.15, -0.1) is 6.58 Å². The number of hydrogen-bond acceptors (Lipinski definition) is 9.